The van der Waals surface area contributed by atoms with Crippen LogP contribution in [-0.4, -0.2) is 24.2 Å². The van der Waals surface area contributed by atoms with E-state index in [0.717, 1.165) is 5.57 Å². The van der Waals surface area contributed by atoms with Crippen LogP contribution in [0.5, 0.6) is 0 Å². The van der Waals surface area contributed by atoms with Crippen LogP contribution in [0.25, 0.3) is 0 Å². The van der Waals surface area contributed by atoms with Crippen molar-refractivity contribution in [3.05, 3.63) is 12.2 Å². The first-order chi connectivity index (χ1) is 6.06. The summed E-state index contributed by atoms with van der Waals surface area (Å²) in [4.78, 5) is 20.8. The molecule has 0 atom stereocenters. The van der Waals surface area contributed by atoms with E-state index in [1.807, 2.05) is 0 Å². The quantitative estimate of drug-likeness (QED) is 0.502. The molecule has 1 N–H and O–H groups in total. The van der Waals surface area contributed by atoms with Crippen LogP contribution in [0.3, 0.4) is 0 Å². The molecule has 0 amide bonds. The molecule has 13 heavy (non-hydrogen) atoms. The summed E-state index contributed by atoms with van der Waals surface area (Å²) in [5.74, 6) is -1.14. The lowest BCUT2D eigenvalue weighted by molar-refractivity contribution is -0.140. The summed E-state index contributed by atoms with van der Waals surface area (Å²) in [5, 5.41) is 8.35. The van der Waals surface area contributed by atoms with E-state index in [2.05, 4.69) is 11.3 Å². The first-order valence-corrected chi connectivity index (χ1v) is 4.01. The summed E-state index contributed by atoms with van der Waals surface area (Å²) >= 11 is 0. The number of allylic oxidation sites excluding steroid dienone is 1. The topological polar surface area (TPSA) is 63.6 Å². The van der Waals surface area contributed by atoms with Crippen molar-refractivity contribution in [1.82, 2.24) is 0 Å². The minimum atomic E-state index is -0.848. The van der Waals surface area contributed by atoms with E-state index in [1.165, 1.54) is 7.11 Å². The molecule has 0 rings (SSSR count). The summed E-state index contributed by atoms with van der Waals surface area (Å²) in [5.41, 5.74) is 0.771. The third-order valence-electron chi connectivity index (χ3n) is 1.60. The number of ether oxygens (including phenoxy) is 1. The van der Waals surface area contributed by atoms with Crippen LogP contribution in [0.15, 0.2) is 12.2 Å². The molecule has 0 radical (unpaired) electrons. The van der Waals surface area contributed by atoms with Gasteiger partial charge < -0.3 is 9.84 Å². The van der Waals surface area contributed by atoms with Gasteiger partial charge in [0.25, 0.3) is 0 Å². The first kappa shape index (κ1) is 11.7. The van der Waals surface area contributed by atoms with Gasteiger partial charge in [0, 0.05) is 12.8 Å². The summed E-state index contributed by atoms with van der Waals surface area (Å²) in [7, 11) is 1.32. The van der Waals surface area contributed by atoms with Gasteiger partial charge >= 0.3 is 11.9 Å². The molecule has 0 aromatic heterocycles. The van der Waals surface area contributed by atoms with E-state index < -0.39 is 5.97 Å². The highest BCUT2D eigenvalue weighted by molar-refractivity contribution is 5.69. The molecule has 4 nitrogen and oxygen atoms in total. The highest BCUT2D eigenvalue weighted by Crippen LogP contribution is 2.09. The van der Waals surface area contributed by atoms with Gasteiger partial charge in [0.1, 0.15) is 0 Å². The Balaban J connectivity index is 3.52. The minimum absolute atomic E-state index is 0.0695. The zero-order chi connectivity index (χ0) is 10.3. The molecule has 0 aliphatic carbocycles. The number of carbonyl (C=O) groups excluding carboxylic acids is 1. The Morgan fingerprint density at radius 2 is 1.77 bits per heavy atom. The van der Waals surface area contributed by atoms with Gasteiger partial charge in [0.05, 0.1) is 7.11 Å². The minimum Gasteiger partial charge on any atom is -0.481 e. The highest BCUT2D eigenvalue weighted by Gasteiger charge is 2.04. The van der Waals surface area contributed by atoms with Crippen LogP contribution in [0, 0.1) is 0 Å². The van der Waals surface area contributed by atoms with Gasteiger partial charge in [-0.3, -0.25) is 9.59 Å². The number of carbonyl (C=O) groups is 2. The van der Waals surface area contributed by atoms with Crippen LogP contribution in [0.2, 0.25) is 0 Å². The third kappa shape index (κ3) is 7.05. The van der Waals surface area contributed by atoms with E-state index in [4.69, 9.17) is 5.11 Å². The van der Waals surface area contributed by atoms with Crippen molar-refractivity contribution in [3.63, 3.8) is 0 Å². The molecule has 4 heteroatoms. The van der Waals surface area contributed by atoms with E-state index in [-0.39, 0.29) is 18.8 Å². The second-order valence-electron chi connectivity index (χ2n) is 2.72. The molecule has 0 bridgehead atoms. The lowest BCUT2D eigenvalue weighted by atomic mass is 10.1. The van der Waals surface area contributed by atoms with Crippen LogP contribution >= 0.6 is 0 Å². The molecule has 0 aromatic carbocycles. The van der Waals surface area contributed by atoms with Crippen LogP contribution < -0.4 is 0 Å². The number of rotatable bonds is 6. The predicted molar refractivity (Wildman–Crippen MR) is 47.3 cm³/mol. The molecular formula is C9H14O4. The molecule has 0 fully saturated rings. The van der Waals surface area contributed by atoms with Crippen molar-refractivity contribution in [1.29, 1.82) is 0 Å². The van der Waals surface area contributed by atoms with Gasteiger partial charge in [-0.1, -0.05) is 12.2 Å². The number of carboxylic acid groups (broad SMARTS) is 1. The summed E-state index contributed by atoms with van der Waals surface area (Å²) in [6.07, 6.45) is 1.27. The number of methoxy groups -OCH3 is 1. The molecule has 0 unspecified atom stereocenters. The third-order valence-corrected chi connectivity index (χ3v) is 1.60. The van der Waals surface area contributed by atoms with Gasteiger partial charge in [0.2, 0.25) is 0 Å². The molecular weight excluding hydrogens is 172 g/mol. The Labute approximate surface area is 77.2 Å². The van der Waals surface area contributed by atoms with Crippen molar-refractivity contribution >= 4 is 11.9 Å². The second kappa shape index (κ2) is 6.22. The number of hydrogen-bond acceptors (Lipinski definition) is 3. The zero-order valence-electron chi connectivity index (χ0n) is 7.71. The maximum absolute atomic E-state index is 10.7. The fourth-order valence-corrected chi connectivity index (χ4v) is 0.790. The molecule has 0 spiro atoms. The van der Waals surface area contributed by atoms with Crippen molar-refractivity contribution in [3.8, 4) is 0 Å². The SMILES string of the molecule is C=C(CCC(=O)O)CCC(=O)OC. The lowest BCUT2D eigenvalue weighted by Gasteiger charge is -2.02. The standard InChI is InChI=1S/C9H14O4/c1-7(3-5-8(10)11)4-6-9(12)13-2/h1,3-6H2,2H3,(H,10,11). The molecule has 0 aromatic rings. The Kier molecular flexibility index (Phi) is 5.59. The molecule has 0 heterocycles. The Bertz CT molecular complexity index is 208. The van der Waals surface area contributed by atoms with Crippen LogP contribution in [0.4, 0.5) is 0 Å². The maximum Gasteiger partial charge on any atom is 0.305 e. The lowest BCUT2D eigenvalue weighted by Crippen LogP contribution is -2.01. The maximum atomic E-state index is 10.7. The van der Waals surface area contributed by atoms with Gasteiger partial charge in [-0.15, -0.1) is 0 Å². The Morgan fingerprint density at radius 3 is 2.23 bits per heavy atom. The summed E-state index contributed by atoms with van der Waals surface area (Å²) < 4.78 is 4.43. The largest absolute Gasteiger partial charge is 0.481 e. The van der Waals surface area contributed by atoms with Crippen molar-refractivity contribution in [2.24, 2.45) is 0 Å². The highest BCUT2D eigenvalue weighted by atomic mass is 16.5. The van der Waals surface area contributed by atoms with Crippen molar-refractivity contribution in [2.45, 2.75) is 25.7 Å². The molecule has 0 aliphatic rings. The molecule has 0 saturated carbocycles. The number of esters is 1. The normalized spacial score (nSPS) is 9.31. The van der Waals surface area contributed by atoms with E-state index >= 15 is 0 Å². The number of hydrogen-bond donors (Lipinski definition) is 1. The van der Waals surface area contributed by atoms with Gasteiger partial charge in [0.15, 0.2) is 0 Å². The summed E-state index contributed by atoms with van der Waals surface area (Å²) in [6.45, 7) is 3.66. The Hall–Kier alpha value is -1.32. The Morgan fingerprint density at radius 1 is 1.23 bits per heavy atom. The average molecular weight is 186 g/mol. The van der Waals surface area contributed by atoms with E-state index in [0.29, 0.717) is 12.8 Å². The van der Waals surface area contributed by atoms with Crippen LogP contribution in [0.1, 0.15) is 25.7 Å². The number of carboxylic acids is 1. The molecule has 0 aliphatic heterocycles. The van der Waals surface area contributed by atoms with E-state index in [9.17, 15) is 9.59 Å². The molecule has 0 saturated heterocycles. The average Bonchev–Trinajstić information content (AvgIpc) is 2.10. The molecule has 74 valence electrons. The van der Waals surface area contributed by atoms with Gasteiger partial charge in [-0.05, 0) is 12.8 Å². The van der Waals surface area contributed by atoms with E-state index in [1.54, 1.807) is 0 Å². The van der Waals surface area contributed by atoms with Crippen molar-refractivity contribution in [2.75, 3.05) is 7.11 Å². The smallest absolute Gasteiger partial charge is 0.305 e. The van der Waals surface area contributed by atoms with Gasteiger partial charge in [-0.2, -0.15) is 0 Å². The summed E-state index contributed by atoms with van der Waals surface area (Å²) in [6, 6.07) is 0. The predicted octanol–water partition coefficient (Wildman–Crippen LogP) is 1.36. The second-order valence-corrected chi connectivity index (χ2v) is 2.72. The van der Waals surface area contributed by atoms with Gasteiger partial charge in [-0.25, -0.2) is 0 Å². The van der Waals surface area contributed by atoms with Crippen molar-refractivity contribution < 1.29 is 19.4 Å². The van der Waals surface area contributed by atoms with Crippen LogP contribution in [-0.2, 0) is 14.3 Å². The number of aliphatic carboxylic acids is 1. The first-order valence-electron chi connectivity index (χ1n) is 4.01. The fraction of sp³-hybridized carbons (Fsp3) is 0.556. The fourth-order valence-electron chi connectivity index (χ4n) is 0.790. The zero-order valence-corrected chi connectivity index (χ0v) is 7.71. The monoisotopic (exact) mass is 186 g/mol.